The highest BCUT2D eigenvalue weighted by atomic mass is 16.5. The first kappa shape index (κ1) is 14.4. The molecule has 17 heavy (non-hydrogen) atoms. The van der Waals surface area contributed by atoms with Crippen LogP contribution in [0.25, 0.3) is 0 Å². The molecule has 0 spiro atoms. The number of hydrogen-bond acceptors (Lipinski definition) is 4. The molecule has 0 bridgehead atoms. The van der Waals surface area contributed by atoms with Gasteiger partial charge in [-0.05, 0) is 26.7 Å². The highest BCUT2D eigenvalue weighted by Crippen LogP contribution is 2.13. The fraction of sp³-hybridized carbons (Fsp3) is 0.917. The summed E-state index contributed by atoms with van der Waals surface area (Å²) in [6, 6.07) is -0.301. The van der Waals surface area contributed by atoms with Gasteiger partial charge in [0, 0.05) is 20.3 Å². The van der Waals surface area contributed by atoms with E-state index in [2.05, 4.69) is 0 Å². The maximum atomic E-state index is 12.2. The van der Waals surface area contributed by atoms with Crippen LogP contribution in [0.4, 0.5) is 0 Å². The van der Waals surface area contributed by atoms with E-state index in [1.165, 1.54) is 0 Å². The van der Waals surface area contributed by atoms with Crippen molar-refractivity contribution in [3.8, 4) is 0 Å². The van der Waals surface area contributed by atoms with Crippen molar-refractivity contribution < 1.29 is 14.3 Å². The lowest BCUT2D eigenvalue weighted by Gasteiger charge is -2.38. The van der Waals surface area contributed by atoms with Crippen LogP contribution < -0.4 is 5.73 Å². The van der Waals surface area contributed by atoms with Crippen LogP contribution in [0.1, 0.15) is 26.7 Å². The van der Waals surface area contributed by atoms with Gasteiger partial charge < -0.3 is 20.1 Å². The van der Waals surface area contributed by atoms with E-state index in [0.29, 0.717) is 26.2 Å². The maximum Gasteiger partial charge on any atom is 0.239 e. The molecule has 3 atom stereocenters. The Morgan fingerprint density at radius 3 is 2.94 bits per heavy atom. The number of ether oxygens (including phenoxy) is 2. The molecule has 0 aromatic rings. The van der Waals surface area contributed by atoms with Gasteiger partial charge >= 0.3 is 0 Å². The third-order valence-corrected chi connectivity index (χ3v) is 3.07. The number of nitrogens with two attached hydrogens (primary N) is 1. The molecule has 0 saturated carbocycles. The molecule has 1 aliphatic rings. The first-order valence-corrected chi connectivity index (χ1v) is 6.22. The molecule has 5 nitrogen and oxygen atoms in total. The third kappa shape index (κ3) is 4.26. The van der Waals surface area contributed by atoms with Gasteiger partial charge in [-0.2, -0.15) is 0 Å². The van der Waals surface area contributed by atoms with Crippen molar-refractivity contribution in [2.45, 2.75) is 44.9 Å². The fourth-order valence-electron chi connectivity index (χ4n) is 1.99. The molecule has 3 unspecified atom stereocenters. The largest absolute Gasteiger partial charge is 0.385 e. The summed E-state index contributed by atoms with van der Waals surface area (Å²) in [5, 5.41) is 0. The van der Waals surface area contributed by atoms with E-state index in [1.807, 2.05) is 18.7 Å². The lowest BCUT2D eigenvalue weighted by molar-refractivity contribution is -0.144. The SMILES string of the molecule is COCCCC(N)C(=O)N1CC(C)OCC1C. The van der Waals surface area contributed by atoms with Crippen LogP contribution in [0.2, 0.25) is 0 Å². The second kappa shape index (κ2) is 6.93. The molecule has 1 rings (SSSR count). The van der Waals surface area contributed by atoms with E-state index in [9.17, 15) is 4.79 Å². The quantitative estimate of drug-likeness (QED) is 0.710. The standard InChI is InChI=1S/C12H24N2O3/c1-9-8-17-10(2)7-14(9)12(15)11(13)5-4-6-16-3/h9-11H,4-8,13H2,1-3H3. The smallest absolute Gasteiger partial charge is 0.239 e. The number of nitrogens with zero attached hydrogens (tertiary/aromatic N) is 1. The van der Waals surface area contributed by atoms with Crippen LogP contribution >= 0.6 is 0 Å². The molecule has 2 N–H and O–H groups in total. The maximum absolute atomic E-state index is 12.2. The van der Waals surface area contributed by atoms with Crippen molar-refractivity contribution in [2.75, 3.05) is 26.9 Å². The first-order chi connectivity index (χ1) is 8.06. The minimum Gasteiger partial charge on any atom is -0.385 e. The van der Waals surface area contributed by atoms with Crippen molar-refractivity contribution in [2.24, 2.45) is 5.73 Å². The Hall–Kier alpha value is -0.650. The molecule has 0 radical (unpaired) electrons. The number of rotatable bonds is 5. The van der Waals surface area contributed by atoms with Crippen LogP contribution in [-0.2, 0) is 14.3 Å². The van der Waals surface area contributed by atoms with Crippen molar-refractivity contribution in [3.63, 3.8) is 0 Å². The summed E-state index contributed by atoms with van der Waals surface area (Å²) in [5.41, 5.74) is 5.91. The van der Waals surface area contributed by atoms with Crippen molar-refractivity contribution in [1.82, 2.24) is 4.90 Å². The lowest BCUT2D eigenvalue weighted by Crippen LogP contribution is -2.55. The molecule has 100 valence electrons. The van der Waals surface area contributed by atoms with E-state index >= 15 is 0 Å². The highest BCUT2D eigenvalue weighted by Gasteiger charge is 2.30. The van der Waals surface area contributed by atoms with Gasteiger partial charge in [-0.25, -0.2) is 0 Å². The van der Waals surface area contributed by atoms with Crippen LogP contribution in [-0.4, -0.2) is 55.9 Å². The van der Waals surface area contributed by atoms with Gasteiger partial charge in [0.1, 0.15) is 0 Å². The predicted molar refractivity (Wildman–Crippen MR) is 65.7 cm³/mol. The summed E-state index contributed by atoms with van der Waals surface area (Å²) in [7, 11) is 1.65. The summed E-state index contributed by atoms with van der Waals surface area (Å²) in [5.74, 6) is 0.0313. The third-order valence-electron chi connectivity index (χ3n) is 3.07. The second-order valence-electron chi connectivity index (χ2n) is 4.73. The number of carbonyl (C=O) groups is 1. The van der Waals surface area contributed by atoms with E-state index in [0.717, 1.165) is 6.42 Å². The van der Waals surface area contributed by atoms with Crippen LogP contribution in [0, 0.1) is 0 Å². The highest BCUT2D eigenvalue weighted by molar-refractivity contribution is 5.82. The summed E-state index contributed by atoms with van der Waals surface area (Å²) in [6.07, 6.45) is 1.59. The zero-order chi connectivity index (χ0) is 12.8. The number of hydrogen-bond donors (Lipinski definition) is 1. The van der Waals surface area contributed by atoms with Crippen molar-refractivity contribution in [1.29, 1.82) is 0 Å². The Labute approximate surface area is 103 Å². The zero-order valence-electron chi connectivity index (χ0n) is 11.0. The number of amides is 1. The van der Waals surface area contributed by atoms with Crippen molar-refractivity contribution in [3.05, 3.63) is 0 Å². The molecule has 0 aromatic heterocycles. The average molecular weight is 244 g/mol. The van der Waals surface area contributed by atoms with E-state index in [1.54, 1.807) is 7.11 Å². The molecule has 0 aromatic carbocycles. The monoisotopic (exact) mass is 244 g/mol. The van der Waals surface area contributed by atoms with Gasteiger partial charge in [-0.3, -0.25) is 4.79 Å². The van der Waals surface area contributed by atoms with Gasteiger partial charge in [0.15, 0.2) is 0 Å². The second-order valence-corrected chi connectivity index (χ2v) is 4.73. The average Bonchev–Trinajstić information content (AvgIpc) is 2.31. The fourth-order valence-corrected chi connectivity index (χ4v) is 1.99. The van der Waals surface area contributed by atoms with Gasteiger partial charge in [-0.1, -0.05) is 0 Å². The zero-order valence-corrected chi connectivity index (χ0v) is 11.0. The van der Waals surface area contributed by atoms with Crippen molar-refractivity contribution >= 4 is 5.91 Å². The molecular formula is C12H24N2O3. The van der Waals surface area contributed by atoms with Gasteiger partial charge in [0.05, 0.1) is 24.8 Å². The Bertz CT molecular complexity index is 248. The molecule has 1 amide bonds. The summed E-state index contributed by atoms with van der Waals surface area (Å²) in [6.45, 7) is 5.85. The number of carbonyl (C=O) groups excluding carboxylic acids is 1. The first-order valence-electron chi connectivity index (χ1n) is 6.22. The van der Waals surface area contributed by atoms with Crippen LogP contribution in [0.3, 0.4) is 0 Å². The molecule has 1 heterocycles. The Balaban J connectivity index is 2.43. The predicted octanol–water partition coefficient (Wildman–Crippen LogP) is 0.376. The number of morpholine rings is 1. The van der Waals surface area contributed by atoms with E-state index in [4.69, 9.17) is 15.2 Å². The molecular weight excluding hydrogens is 220 g/mol. The Morgan fingerprint density at radius 1 is 1.59 bits per heavy atom. The topological polar surface area (TPSA) is 64.8 Å². The lowest BCUT2D eigenvalue weighted by atomic mass is 10.1. The molecule has 1 aliphatic heterocycles. The van der Waals surface area contributed by atoms with Crippen LogP contribution in [0.15, 0.2) is 0 Å². The minimum atomic E-state index is -0.419. The number of methoxy groups -OCH3 is 1. The van der Waals surface area contributed by atoms with E-state index in [-0.39, 0.29) is 18.1 Å². The van der Waals surface area contributed by atoms with Crippen LogP contribution in [0.5, 0.6) is 0 Å². The van der Waals surface area contributed by atoms with Gasteiger partial charge in [0.25, 0.3) is 0 Å². The molecule has 0 aliphatic carbocycles. The normalized spacial score (nSPS) is 26.9. The van der Waals surface area contributed by atoms with Gasteiger partial charge in [-0.15, -0.1) is 0 Å². The molecule has 1 saturated heterocycles. The molecule has 1 fully saturated rings. The Morgan fingerprint density at radius 2 is 2.29 bits per heavy atom. The molecule has 5 heteroatoms. The Kier molecular flexibility index (Phi) is 5.88. The summed E-state index contributed by atoms with van der Waals surface area (Å²) < 4.78 is 10.4. The minimum absolute atomic E-state index is 0.0313. The summed E-state index contributed by atoms with van der Waals surface area (Å²) in [4.78, 5) is 14.0. The van der Waals surface area contributed by atoms with E-state index < -0.39 is 6.04 Å². The summed E-state index contributed by atoms with van der Waals surface area (Å²) >= 11 is 0. The van der Waals surface area contributed by atoms with Gasteiger partial charge in [0.2, 0.25) is 5.91 Å².